The molecule has 6 aliphatic rings. The zero-order chi connectivity index (χ0) is 18.0. The van der Waals surface area contributed by atoms with Crippen LogP contribution in [0.15, 0.2) is 12.2 Å². The first kappa shape index (κ1) is 16.4. The second kappa shape index (κ2) is 4.38. The van der Waals surface area contributed by atoms with E-state index in [9.17, 15) is 20.1 Å². The predicted molar refractivity (Wildman–Crippen MR) is 89.3 cm³/mol. The molecule has 4 bridgehead atoms. The lowest BCUT2D eigenvalue weighted by molar-refractivity contribution is -0.426. The highest BCUT2D eigenvalue weighted by atomic mass is 16.6. The number of ether oxygens (including phenoxy) is 1. The normalized spacial score (nSPS) is 58.8. The van der Waals surface area contributed by atoms with Crippen LogP contribution in [0.25, 0.3) is 0 Å². The summed E-state index contributed by atoms with van der Waals surface area (Å²) in [6.45, 7) is 8.59. The van der Waals surface area contributed by atoms with Gasteiger partial charge in [0, 0.05) is 17.8 Å². The van der Waals surface area contributed by atoms with Crippen LogP contribution >= 0.6 is 0 Å². The van der Waals surface area contributed by atoms with Gasteiger partial charge in [0.05, 0.1) is 18.8 Å². The number of aliphatic hydroxyl groups excluding tert-OH is 2. The van der Waals surface area contributed by atoms with Gasteiger partial charge < -0.3 is 20.1 Å². The molecule has 0 amide bonds. The lowest BCUT2D eigenvalue weighted by Crippen LogP contribution is -2.80. The maximum absolute atomic E-state index is 13.3. The molecule has 3 N–H and O–H groups in total. The summed E-state index contributed by atoms with van der Waals surface area (Å²) < 4.78 is 5.94. The topological polar surface area (TPSA) is 87.0 Å². The van der Waals surface area contributed by atoms with Gasteiger partial charge in [-0.1, -0.05) is 20.4 Å². The maximum atomic E-state index is 13.3. The van der Waals surface area contributed by atoms with Crippen molar-refractivity contribution >= 4 is 5.78 Å². The van der Waals surface area contributed by atoms with Crippen LogP contribution < -0.4 is 0 Å². The summed E-state index contributed by atoms with van der Waals surface area (Å²) in [7, 11) is 0. The second-order valence-corrected chi connectivity index (χ2v) is 9.89. The van der Waals surface area contributed by atoms with E-state index in [2.05, 4.69) is 20.4 Å². The van der Waals surface area contributed by atoms with Crippen LogP contribution in [0.3, 0.4) is 0 Å². The molecule has 2 spiro atoms. The molecule has 0 aromatic heterocycles. The minimum Gasteiger partial charge on any atom is -0.392 e. The summed E-state index contributed by atoms with van der Waals surface area (Å²) in [5, 5.41) is 33.8. The van der Waals surface area contributed by atoms with E-state index in [1.807, 2.05) is 0 Å². The number of ketones is 1. The van der Waals surface area contributed by atoms with Crippen LogP contribution in [0, 0.1) is 34.0 Å². The van der Waals surface area contributed by atoms with Gasteiger partial charge in [0.2, 0.25) is 0 Å². The van der Waals surface area contributed by atoms with Gasteiger partial charge in [-0.3, -0.25) is 4.79 Å². The lowest BCUT2D eigenvalue weighted by Gasteiger charge is -2.73. The Hall–Kier alpha value is -0.750. The van der Waals surface area contributed by atoms with Crippen molar-refractivity contribution in [1.29, 1.82) is 0 Å². The Labute approximate surface area is 148 Å². The first-order valence-electron chi connectivity index (χ1n) is 9.59. The number of aliphatic hydroxyl groups is 3. The molecule has 5 heteroatoms. The smallest absolute Gasteiger partial charge is 0.181 e. The van der Waals surface area contributed by atoms with Crippen LogP contribution in [0.2, 0.25) is 0 Å². The molecule has 138 valence electrons. The van der Waals surface area contributed by atoms with Crippen molar-refractivity contribution in [2.24, 2.45) is 34.0 Å². The van der Waals surface area contributed by atoms with Crippen molar-refractivity contribution in [3.05, 3.63) is 12.2 Å². The molecule has 4 saturated carbocycles. The summed E-state index contributed by atoms with van der Waals surface area (Å²) in [5.41, 5.74) is -1.54. The number of rotatable bonds is 0. The number of fused-ring (bicyclic) bond motifs is 2. The number of hydrogen-bond donors (Lipinski definition) is 3. The van der Waals surface area contributed by atoms with Crippen LogP contribution in [0.1, 0.15) is 46.0 Å². The third-order valence-electron chi connectivity index (χ3n) is 8.89. The quantitative estimate of drug-likeness (QED) is 0.576. The Bertz CT molecular complexity index is 686. The Morgan fingerprint density at radius 3 is 2.60 bits per heavy atom. The molecule has 2 heterocycles. The molecule has 0 aromatic carbocycles. The van der Waals surface area contributed by atoms with E-state index in [-0.39, 0.29) is 35.6 Å². The van der Waals surface area contributed by atoms with Gasteiger partial charge in [-0.15, -0.1) is 0 Å². The van der Waals surface area contributed by atoms with E-state index in [4.69, 9.17) is 4.74 Å². The molecule has 5 nitrogen and oxygen atoms in total. The second-order valence-electron chi connectivity index (χ2n) is 9.89. The van der Waals surface area contributed by atoms with Gasteiger partial charge >= 0.3 is 0 Å². The van der Waals surface area contributed by atoms with Crippen molar-refractivity contribution in [1.82, 2.24) is 0 Å². The predicted octanol–water partition coefficient (Wildman–Crippen LogP) is 1.40. The largest absolute Gasteiger partial charge is 0.392 e. The molecule has 2 aliphatic heterocycles. The SMILES string of the molecule is C=C1C(=O)[C@]23[C@H](O)[C@H]1CC[C@H]2[C@@]12CO[C@]3(O)C[C@H]1C(C)(C)CC[C@@H]2O. The Morgan fingerprint density at radius 2 is 1.88 bits per heavy atom. The highest BCUT2D eigenvalue weighted by molar-refractivity contribution is 6.05. The molecule has 0 radical (unpaired) electrons. The fourth-order valence-corrected chi connectivity index (χ4v) is 7.74. The first-order valence-corrected chi connectivity index (χ1v) is 9.59. The monoisotopic (exact) mass is 348 g/mol. The number of carbonyl (C=O) groups excluding carboxylic acids is 1. The number of hydrogen-bond acceptors (Lipinski definition) is 5. The fourth-order valence-electron chi connectivity index (χ4n) is 7.74. The zero-order valence-corrected chi connectivity index (χ0v) is 15.0. The van der Waals surface area contributed by atoms with E-state index < -0.39 is 28.8 Å². The van der Waals surface area contributed by atoms with Gasteiger partial charge in [0.15, 0.2) is 11.6 Å². The molecule has 25 heavy (non-hydrogen) atoms. The van der Waals surface area contributed by atoms with Crippen molar-refractivity contribution in [2.75, 3.05) is 6.61 Å². The van der Waals surface area contributed by atoms with E-state index in [0.717, 1.165) is 12.8 Å². The van der Waals surface area contributed by atoms with E-state index in [1.165, 1.54) is 0 Å². The van der Waals surface area contributed by atoms with Crippen molar-refractivity contribution in [2.45, 2.75) is 63.9 Å². The summed E-state index contributed by atoms with van der Waals surface area (Å²) in [5.74, 6) is -2.37. The standard InChI is InChI=1S/C20H28O5/c1-10-11-4-5-12-18-9-25-19(24,20(12,15(10)22)16(11)23)8-13(18)17(2,3)7-6-14(18)21/h11-14,16,21,23-24H,1,4-9H2,2-3H3/t11-,12-,13-,14-,16+,18-,19+,20-/m0/s1. The lowest BCUT2D eigenvalue weighted by atomic mass is 9.36. The highest BCUT2D eigenvalue weighted by Crippen LogP contribution is 2.76. The van der Waals surface area contributed by atoms with E-state index >= 15 is 0 Å². The molecule has 6 rings (SSSR count). The fraction of sp³-hybridized carbons (Fsp3) is 0.850. The molecule has 8 atom stereocenters. The average molecular weight is 348 g/mol. The highest BCUT2D eigenvalue weighted by Gasteiger charge is 2.83. The number of Topliss-reactive ketones (excluding diaryl/α,β-unsaturated/α-hetero) is 1. The van der Waals surface area contributed by atoms with Gasteiger partial charge in [-0.05, 0) is 48.5 Å². The minimum atomic E-state index is -1.66. The average Bonchev–Trinajstić information content (AvgIpc) is 2.68. The molecule has 2 saturated heterocycles. The van der Waals surface area contributed by atoms with Gasteiger partial charge in [-0.25, -0.2) is 0 Å². The van der Waals surface area contributed by atoms with Gasteiger partial charge in [0.25, 0.3) is 0 Å². The van der Waals surface area contributed by atoms with Crippen LogP contribution in [0.5, 0.6) is 0 Å². The van der Waals surface area contributed by atoms with Crippen LogP contribution in [0.4, 0.5) is 0 Å². The molecule has 0 unspecified atom stereocenters. The Morgan fingerprint density at radius 1 is 1.16 bits per heavy atom. The third kappa shape index (κ3) is 1.44. The van der Waals surface area contributed by atoms with Crippen LogP contribution in [-0.4, -0.2) is 45.7 Å². The Balaban J connectivity index is 1.77. The maximum Gasteiger partial charge on any atom is 0.181 e. The van der Waals surface area contributed by atoms with Crippen molar-refractivity contribution in [3.8, 4) is 0 Å². The summed E-state index contributed by atoms with van der Waals surface area (Å²) in [4.78, 5) is 13.3. The van der Waals surface area contributed by atoms with E-state index in [0.29, 0.717) is 24.8 Å². The number of carbonyl (C=O) groups is 1. The van der Waals surface area contributed by atoms with Crippen LogP contribution in [-0.2, 0) is 9.53 Å². The Kier molecular flexibility index (Phi) is 2.88. The summed E-state index contributed by atoms with van der Waals surface area (Å²) >= 11 is 0. The third-order valence-corrected chi connectivity index (χ3v) is 8.89. The minimum absolute atomic E-state index is 0.0426. The molecule has 6 fully saturated rings. The first-order chi connectivity index (χ1) is 11.6. The van der Waals surface area contributed by atoms with E-state index in [1.54, 1.807) is 0 Å². The summed E-state index contributed by atoms with van der Waals surface area (Å²) in [6, 6.07) is 0. The van der Waals surface area contributed by atoms with Gasteiger partial charge in [0.1, 0.15) is 5.41 Å². The molecular formula is C20H28O5. The molecular weight excluding hydrogens is 320 g/mol. The molecule has 0 aromatic rings. The van der Waals surface area contributed by atoms with Gasteiger partial charge in [-0.2, -0.15) is 0 Å². The summed E-state index contributed by atoms with van der Waals surface area (Å²) in [6.07, 6.45) is 1.75. The zero-order valence-electron chi connectivity index (χ0n) is 15.0. The van der Waals surface area contributed by atoms with Crippen molar-refractivity contribution in [3.63, 3.8) is 0 Å². The van der Waals surface area contributed by atoms with Crippen molar-refractivity contribution < 1.29 is 24.9 Å². The molecule has 4 aliphatic carbocycles.